The van der Waals surface area contributed by atoms with E-state index in [1.54, 1.807) is 24.3 Å². The largest absolute Gasteiger partial charge is 0.480 e. The molecule has 1 amide bonds. The van der Waals surface area contributed by atoms with Gasteiger partial charge in [0.15, 0.2) is 0 Å². The van der Waals surface area contributed by atoms with Gasteiger partial charge in [-0.25, -0.2) is 4.79 Å². The van der Waals surface area contributed by atoms with Crippen LogP contribution in [-0.4, -0.2) is 34.2 Å². The second-order valence-electron chi connectivity index (χ2n) is 5.52. The molecule has 1 aromatic rings. The molecule has 0 saturated carbocycles. The number of carboxylic acids is 1. The van der Waals surface area contributed by atoms with Crippen LogP contribution in [-0.2, 0) is 16.0 Å². The Morgan fingerprint density at radius 3 is 2.50 bits per heavy atom. The van der Waals surface area contributed by atoms with Crippen molar-refractivity contribution in [1.29, 1.82) is 5.26 Å². The highest BCUT2D eigenvalue weighted by atomic mass is 16.4. The second-order valence-corrected chi connectivity index (χ2v) is 5.52. The first-order valence-corrected chi connectivity index (χ1v) is 7.04. The lowest BCUT2D eigenvalue weighted by Crippen LogP contribution is -2.47. The Morgan fingerprint density at radius 1 is 1.32 bits per heavy atom. The summed E-state index contributed by atoms with van der Waals surface area (Å²) in [5, 5.41) is 30.3. The van der Waals surface area contributed by atoms with E-state index < -0.39 is 24.0 Å². The van der Waals surface area contributed by atoms with Crippen molar-refractivity contribution >= 4 is 11.9 Å². The van der Waals surface area contributed by atoms with Gasteiger partial charge in [-0.05, 0) is 24.0 Å². The van der Waals surface area contributed by atoms with Gasteiger partial charge in [-0.1, -0.05) is 32.0 Å². The van der Waals surface area contributed by atoms with Gasteiger partial charge in [0.05, 0.1) is 11.6 Å². The van der Waals surface area contributed by atoms with Crippen molar-refractivity contribution in [2.75, 3.05) is 0 Å². The maximum atomic E-state index is 11.8. The third-order valence-corrected chi connectivity index (χ3v) is 3.17. The zero-order chi connectivity index (χ0) is 16.7. The molecule has 1 aromatic carbocycles. The fraction of sp³-hybridized carbons (Fsp3) is 0.438. The van der Waals surface area contributed by atoms with E-state index in [1.807, 2.05) is 19.9 Å². The number of nitrogens with zero attached hydrogens (tertiary/aromatic N) is 1. The molecule has 3 N–H and O–H groups in total. The van der Waals surface area contributed by atoms with E-state index in [0.717, 1.165) is 0 Å². The fourth-order valence-corrected chi connectivity index (χ4v) is 2.05. The highest BCUT2D eigenvalue weighted by Gasteiger charge is 2.25. The molecular weight excluding hydrogens is 284 g/mol. The van der Waals surface area contributed by atoms with E-state index in [2.05, 4.69) is 5.32 Å². The molecule has 22 heavy (non-hydrogen) atoms. The Bertz CT molecular complexity index is 578. The quantitative estimate of drug-likeness (QED) is 0.698. The summed E-state index contributed by atoms with van der Waals surface area (Å²) in [7, 11) is 0. The fourth-order valence-electron chi connectivity index (χ4n) is 2.05. The van der Waals surface area contributed by atoms with Crippen molar-refractivity contribution in [3.8, 4) is 6.07 Å². The Balaban J connectivity index is 2.81. The summed E-state index contributed by atoms with van der Waals surface area (Å²) in [4.78, 5) is 23.2. The van der Waals surface area contributed by atoms with Gasteiger partial charge in [0.25, 0.3) is 0 Å². The summed E-state index contributed by atoms with van der Waals surface area (Å²) < 4.78 is 0. The monoisotopic (exact) mass is 304 g/mol. The number of amides is 1. The van der Waals surface area contributed by atoms with Crippen molar-refractivity contribution < 1.29 is 19.8 Å². The first-order valence-electron chi connectivity index (χ1n) is 7.04. The number of carboxylic acid groups (broad SMARTS) is 1. The van der Waals surface area contributed by atoms with E-state index >= 15 is 0 Å². The van der Waals surface area contributed by atoms with Gasteiger partial charge < -0.3 is 15.5 Å². The van der Waals surface area contributed by atoms with Crippen molar-refractivity contribution in [3.05, 3.63) is 35.4 Å². The average Bonchev–Trinajstić information content (AvgIpc) is 2.46. The van der Waals surface area contributed by atoms with Crippen molar-refractivity contribution in [3.63, 3.8) is 0 Å². The van der Waals surface area contributed by atoms with Gasteiger partial charge in [0.1, 0.15) is 12.1 Å². The lowest BCUT2D eigenvalue weighted by Gasteiger charge is -2.18. The van der Waals surface area contributed by atoms with E-state index in [1.165, 1.54) is 0 Å². The van der Waals surface area contributed by atoms with Gasteiger partial charge in [0.2, 0.25) is 5.91 Å². The first-order chi connectivity index (χ1) is 10.3. The number of nitrogens with one attached hydrogen (secondary N) is 1. The third-order valence-electron chi connectivity index (χ3n) is 3.17. The molecule has 0 aromatic heterocycles. The number of carbonyl (C=O) groups is 2. The molecule has 0 spiro atoms. The molecule has 0 aliphatic rings. The molecule has 0 aliphatic carbocycles. The summed E-state index contributed by atoms with van der Waals surface area (Å²) in [5.41, 5.74) is 0.904. The molecule has 0 radical (unpaired) electrons. The summed E-state index contributed by atoms with van der Waals surface area (Å²) in [5.74, 6) is -1.81. The molecule has 6 heteroatoms. The van der Waals surface area contributed by atoms with Crippen LogP contribution in [0.25, 0.3) is 0 Å². The minimum Gasteiger partial charge on any atom is -0.480 e. The Morgan fingerprint density at radius 2 is 1.95 bits per heavy atom. The van der Waals surface area contributed by atoms with Crippen LogP contribution in [0.2, 0.25) is 0 Å². The van der Waals surface area contributed by atoms with E-state index in [4.69, 9.17) is 5.26 Å². The van der Waals surface area contributed by atoms with Gasteiger partial charge >= 0.3 is 5.97 Å². The van der Waals surface area contributed by atoms with Crippen molar-refractivity contribution in [2.45, 2.75) is 38.8 Å². The summed E-state index contributed by atoms with van der Waals surface area (Å²) >= 11 is 0. The molecule has 0 bridgehead atoms. The van der Waals surface area contributed by atoms with Crippen molar-refractivity contribution in [1.82, 2.24) is 5.32 Å². The minimum atomic E-state index is -1.24. The zero-order valence-electron chi connectivity index (χ0n) is 12.6. The van der Waals surface area contributed by atoms with Crippen LogP contribution in [0, 0.1) is 17.2 Å². The Kier molecular flexibility index (Phi) is 6.54. The topological polar surface area (TPSA) is 110 Å². The van der Waals surface area contributed by atoms with E-state index in [9.17, 15) is 19.8 Å². The molecule has 2 atom stereocenters. The highest BCUT2D eigenvalue weighted by molar-refractivity contribution is 5.86. The smallest absolute Gasteiger partial charge is 0.326 e. The van der Waals surface area contributed by atoms with Crippen LogP contribution in [0.15, 0.2) is 24.3 Å². The van der Waals surface area contributed by atoms with Gasteiger partial charge in [0, 0.05) is 6.42 Å². The summed E-state index contributed by atoms with van der Waals surface area (Å²) in [6, 6.07) is 7.41. The number of aliphatic hydroxyl groups excluding tert-OH is 1. The molecule has 0 unspecified atom stereocenters. The lowest BCUT2D eigenvalue weighted by molar-refractivity contribution is -0.143. The molecular formula is C16H20N2O4. The molecule has 1 rings (SSSR count). The number of benzene rings is 1. The maximum absolute atomic E-state index is 11.8. The van der Waals surface area contributed by atoms with Crippen LogP contribution in [0.3, 0.4) is 0 Å². The number of nitriles is 1. The van der Waals surface area contributed by atoms with Gasteiger partial charge in [-0.15, -0.1) is 0 Å². The molecule has 0 saturated heterocycles. The van der Waals surface area contributed by atoms with Crippen LogP contribution in [0.4, 0.5) is 0 Å². The van der Waals surface area contributed by atoms with Gasteiger partial charge in [-0.3, -0.25) is 4.79 Å². The number of carbonyl (C=O) groups excluding carboxylic acids is 1. The van der Waals surface area contributed by atoms with E-state index in [-0.39, 0.29) is 18.8 Å². The summed E-state index contributed by atoms with van der Waals surface area (Å²) in [6.07, 6.45) is -1.00. The molecule has 118 valence electrons. The zero-order valence-corrected chi connectivity index (χ0v) is 12.6. The van der Waals surface area contributed by atoms with Crippen molar-refractivity contribution in [2.24, 2.45) is 5.92 Å². The lowest BCUT2D eigenvalue weighted by atomic mass is 10.00. The van der Waals surface area contributed by atoms with Crippen LogP contribution >= 0.6 is 0 Å². The first kappa shape index (κ1) is 17.7. The minimum absolute atomic E-state index is 0.0147. The SMILES string of the molecule is CC(C)C[C@@H](O)C(=O)N[C@@H](Cc1ccccc1C#N)C(=O)O. The normalized spacial score (nSPS) is 13.2. The second kappa shape index (κ2) is 8.15. The van der Waals surface area contributed by atoms with Crippen LogP contribution in [0.5, 0.6) is 0 Å². The predicted octanol–water partition coefficient (Wildman–Crippen LogP) is 1.08. The average molecular weight is 304 g/mol. The number of hydrogen-bond acceptors (Lipinski definition) is 4. The molecule has 6 nitrogen and oxygen atoms in total. The highest BCUT2D eigenvalue weighted by Crippen LogP contribution is 2.11. The molecule has 0 fully saturated rings. The number of rotatable bonds is 7. The Hall–Kier alpha value is -2.39. The number of aliphatic carboxylic acids is 1. The predicted molar refractivity (Wildman–Crippen MR) is 79.9 cm³/mol. The number of aliphatic hydroxyl groups is 1. The molecule has 0 aliphatic heterocycles. The van der Waals surface area contributed by atoms with Crippen LogP contribution in [0.1, 0.15) is 31.4 Å². The third kappa shape index (κ3) is 5.19. The Labute approximate surface area is 129 Å². The summed E-state index contributed by atoms with van der Waals surface area (Å²) in [6.45, 7) is 3.71. The van der Waals surface area contributed by atoms with E-state index in [0.29, 0.717) is 11.1 Å². The van der Waals surface area contributed by atoms with Crippen LogP contribution < -0.4 is 5.32 Å². The number of hydrogen-bond donors (Lipinski definition) is 3. The standard InChI is InChI=1S/C16H20N2O4/c1-10(2)7-14(19)15(20)18-13(16(21)22)8-11-5-3-4-6-12(11)9-17/h3-6,10,13-14,19H,7-8H2,1-2H3,(H,18,20)(H,21,22)/t13-,14+/m0/s1. The van der Waals surface area contributed by atoms with Gasteiger partial charge in [-0.2, -0.15) is 5.26 Å². The molecule has 0 heterocycles. The maximum Gasteiger partial charge on any atom is 0.326 e.